The highest BCUT2D eigenvalue weighted by molar-refractivity contribution is 5.24. The molecule has 0 aliphatic heterocycles. The predicted molar refractivity (Wildman–Crippen MR) is 80.9 cm³/mol. The molecular weight excluding hydrogens is 218 g/mol. The Bertz CT molecular complexity index is 324. The van der Waals surface area contributed by atoms with Crippen molar-refractivity contribution in [3.63, 3.8) is 0 Å². The molecule has 1 atom stereocenters. The van der Waals surface area contributed by atoms with Crippen molar-refractivity contribution in [2.75, 3.05) is 0 Å². The number of nitrogens with one attached hydrogen (secondary N) is 1. The van der Waals surface area contributed by atoms with Gasteiger partial charge in [0.1, 0.15) is 0 Å². The summed E-state index contributed by atoms with van der Waals surface area (Å²) in [5.74, 6) is 1.43. The first-order chi connectivity index (χ1) is 8.49. The van der Waals surface area contributed by atoms with Crippen LogP contribution in [0.2, 0.25) is 0 Å². The summed E-state index contributed by atoms with van der Waals surface area (Å²) in [4.78, 5) is 0. The summed E-state index contributed by atoms with van der Waals surface area (Å²) in [7, 11) is 0. The molecule has 0 aromatic heterocycles. The van der Waals surface area contributed by atoms with Gasteiger partial charge < -0.3 is 5.32 Å². The Morgan fingerprint density at radius 3 is 2.00 bits per heavy atom. The Morgan fingerprint density at radius 1 is 0.889 bits per heavy atom. The van der Waals surface area contributed by atoms with Gasteiger partial charge in [-0.15, -0.1) is 0 Å². The first-order valence-electron chi connectivity index (χ1n) is 7.31. The van der Waals surface area contributed by atoms with Crippen molar-refractivity contribution in [3.8, 4) is 0 Å². The topological polar surface area (TPSA) is 12.0 Å². The van der Waals surface area contributed by atoms with Gasteiger partial charge in [0.2, 0.25) is 0 Å². The average molecular weight is 247 g/mol. The van der Waals surface area contributed by atoms with E-state index < -0.39 is 0 Å². The molecular formula is C17H29N. The van der Waals surface area contributed by atoms with E-state index in [2.05, 4.69) is 64.2 Å². The zero-order valence-electron chi connectivity index (χ0n) is 12.7. The van der Waals surface area contributed by atoms with E-state index in [-0.39, 0.29) is 0 Å². The molecule has 0 radical (unpaired) electrons. The van der Waals surface area contributed by atoms with E-state index in [1.807, 2.05) is 0 Å². The SMILES string of the molecule is CC(C)CCC(C)NCc1ccc(C(C)C)cc1. The molecule has 18 heavy (non-hydrogen) atoms. The minimum Gasteiger partial charge on any atom is -0.310 e. The Hall–Kier alpha value is -0.820. The van der Waals surface area contributed by atoms with Gasteiger partial charge in [0, 0.05) is 12.6 Å². The molecule has 1 N–H and O–H groups in total. The number of hydrogen-bond acceptors (Lipinski definition) is 1. The zero-order valence-corrected chi connectivity index (χ0v) is 12.7. The minimum atomic E-state index is 0.608. The molecule has 102 valence electrons. The fourth-order valence-corrected chi connectivity index (χ4v) is 2.00. The maximum absolute atomic E-state index is 3.60. The van der Waals surface area contributed by atoms with E-state index in [1.165, 1.54) is 24.0 Å². The average Bonchev–Trinajstić information content (AvgIpc) is 2.34. The largest absolute Gasteiger partial charge is 0.310 e. The highest BCUT2D eigenvalue weighted by Crippen LogP contribution is 2.15. The van der Waals surface area contributed by atoms with Crippen molar-refractivity contribution < 1.29 is 0 Å². The van der Waals surface area contributed by atoms with Gasteiger partial charge in [-0.2, -0.15) is 0 Å². The molecule has 1 aromatic carbocycles. The van der Waals surface area contributed by atoms with Crippen LogP contribution in [0, 0.1) is 5.92 Å². The molecule has 1 nitrogen and oxygen atoms in total. The molecule has 0 saturated heterocycles. The summed E-state index contributed by atoms with van der Waals surface area (Å²) in [6.45, 7) is 12.3. The van der Waals surface area contributed by atoms with Crippen molar-refractivity contribution >= 4 is 0 Å². The second-order valence-corrected chi connectivity index (χ2v) is 6.15. The second-order valence-electron chi connectivity index (χ2n) is 6.15. The molecule has 0 spiro atoms. The molecule has 1 rings (SSSR count). The van der Waals surface area contributed by atoms with Gasteiger partial charge >= 0.3 is 0 Å². The first kappa shape index (κ1) is 15.2. The Morgan fingerprint density at radius 2 is 1.50 bits per heavy atom. The van der Waals surface area contributed by atoms with Gasteiger partial charge in [0.25, 0.3) is 0 Å². The van der Waals surface area contributed by atoms with E-state index in [0.29, 0.717) is 12.0 Å². The van der Waals surface area contributed by atoms with E-state index in [4.69, 9.17) is 0 Å². The molecule has 0 bridgehead atoms. The van der Waals surface area contributed by atoms with Crippen LogP contribution in [-0.2, 0) is 6.54 Å². The molecule has 1 aromatic rings. The van der Waals surface area contributed by atoms with Crippen LogP contribution in [0.15, 0.2) is 24.3 Å². The Kier molecular flexibility index (Phi) is 6.42. The molecule has 0 aliphatic rings. The van der Waals surface area contributed by atoms with Crippen molar-refractivity contribution in [1.82, 2.24) is 5.32 Å². The van der Waals surface area contributed by atoms with E-state index >= 15 is 0 Å². The van der Waals surface area contributed by atoms with Crippen LogP contribution in [0.25, 0.3) is 0 Å². The fraction of sp³-hybridized carbons (Fsp3) is 0.647. The third kappa shape index (κ3) is 5.68. The third-order valence-electron chi connectivity index (χ3n) is 3.48. The van der Waals surface area contributed by atoms with Crippen LogP contribution in [-0.4, -0.2) is 6.04 Å². The maximum Gasteiger partial charge on any atom is 0.0207 e. The molecule has 0 fully saturated rings. The van der Waals surface area contributed by atoms with Crippen LogP contribution in [0.1, 0.15) is 64.5 Å². The highest BCUT2D eigenvalue weighted by atomic mass is 14.9. The van der Waals surface area contributed by atoms with E-state index in [0.717, 1.165) is 12.5 Å². The van der Waals surface area contributed by atoms with Gasteiger partial charge in [-0.25, -0.2) is 0 Å². The van der Waals surface area contributed by atoms with Crippen molar-refractivity contribution in [3.05, 3.63) is 35.4 Å². The van der Waals surface area contributed by atoms with Crippen LogP contribution < -0.4 is 5.32 Å². The smallest absolute Gasteiger partial charge is 0.0207 e. The molecule has 0 saturated carbocycles. The summed E-state index contributed by atoms with van der Waals surface area (Å²) in [5, 5.41) is 3.60. The normalized spacial score (nSPS) is 13.3. The lowest BCUT2D eigenvalue weighted by Crippen LogP contribution is -2.25. The summed E-state index contributed by atoms with van der Waals surface area (Å²) in [6.07, 6.45) is 2.57. The van der Waals surface area contributed by atoms with Gasteiger partial charge in [-0.05, 0) is 42.7 Å². The number of rotatable bonds is 7. The summed E-state index contributed by atoms with van der Waals surface area (Å²) in [5.41, 5.74) is 2.81. The van der Waals surface area contributed by atoms with Gasteiger partial charge in [0.15, 0.2) is 0 Å². The quantitative estimate of drug-likeness (QED) is 0.735. The van der Waals surface area contributed by atoms with Crippen LogP contribution in [0.3, 0.4) is 0 Å². The van der Waals surface area contributed by atoms with E-state index in [1.54, 1.807) is 0 Å². The van der Waals surface area contributed by atoms with Crippen molar-refractivity contribution in [2.45, 2.75) is 66.0 Å². The Balaban J connectivity index is 2.34. The van der Waals surface area contributed by atoms with Gasteiger partial charge in [-0.1, -0.05) is 52.0 Å². The van der Waals surface area contributed by atoms with Gasteiger partial charge in [-0.3, -0.25) is 0 Å². The summed E-state index contributed by atoms with van der Waals surface area (Å²) in [6, 6.07) is 9.60. The van der Waals surface area contributed by atoms with Crippen LogP contribution in [0.5, 0.6) is 0 Å². The fourth-order valence-electron chi connectivity index (χ4n) is 2.00. The lowest BCUT2D eigenvalue weighted by Gasteiger charge is -2.15. The molecule has 1 heteroatoms. The molecule has 0 heterocycles. The molecule has 1 unspecified atom stereocenters. The number of hydrogen-bond donors (Lipinski definition) is 1. The van der Waals surface area contributed by atoms with E-state index in [9.17, 15) is 0 Å². The standard InChI is InChI=1S/C17H29N/c1-13(2)6-7-15(5)18-12-16-8-10-17(11-9-16)14(3)4/h8-11,13-15,18H,6-7,12H2,1-5H3. The Labute approximate surface area is 113 Å². The zero-order chi connectivity index (χ0) is 13.5. The lowest BCUT2D eigenvalue weighted by atomic mass is 10.0. The molecule has 0 amide bonds. The minimum absolute atomic E-state index is 0.608. The van der Waals surface area contributed by atoms with Crippen LogP contribution >= 0.6 is 0 Å². The van der Waals surface area contributed by atoms with Crippen molar-refractivity contribution in [2.24, 2.45) is 5.92 Å². The summed E-state index contributed by atoms with van der Waals surface area (Å²) >= 11 is 0. The van der Waals surface area contributed by atoms with Gasteiger partial charge in [0.05, 0.1) is 0 Å². The highest BCUT2D eigenvalue weighted by Gasteiger charge is 2.04. The second kappa shape index (κ2) is 7.58. The maximum atomic E-state index is 3.60. The molecule has 0 aliphatic carbocycles. The monoisotopic (exact) mass is 247 g/mol. The predicted octanol–water partition coefficient (Wildman–Crippen LogP) is 4.72. The lowest BCUT2D eigenvalue weighted by molar-refractivity contribution is 0.451. The first-order valence-corrected chi connectivity index (χ1v) is 7.31. The summed E-state index contributed by atoms with van der Waals surface area (Å²) < 4.78 is 0. The third-order valence-corrected chi connectivity index (χ3v) is 3.48. The number of benzene rings is 1. The van der Waals surface area contributed by atoms with Crippen LogP contribution in [0.4, 0.5) is 0 Å². The van der Waals surface area contributed by atoms with Crippen molar-refractivity contribution in [1.29, 1.82) is 0 Å².